The lowest BCUT2D eigenvalue weighted by molar-refractivity contribution is 0.0374. The van der Waals surface area contributed by atoms with Crippen molar-refractivity contribution in [3.63, 3.8) is 0 Å². The lowest BCUT2D eigenvalue weighted by Crippen LogP contribution is -2.38. The molecule has 3 N–H and O–H groups in total. The molecule has 0 amide bonds. The Balaban J connectivity index is 1.87. The van der Waals surface area contributed by atoms with Crippen LogP contribution >= 0.6 is 0 Å². The minimum Gasteiger partial charge on any atom is -0.379 e. The molecule has 1 heterocycles. The molecule has 0 saturated carbocycles. The van der Waals surface area contributed by atoms with E-state index < -0.39 is 0 Å². The Kier molecular flexibility index (Phi) is 6.10. The highest BCUT2D eigenvalue weighted by molar-refractivity contribution is 4.63. The molecule has 0 aromatic carbocycles. The Morgan fingerprint density at radius 1 is 1.43 bits per heavy atom. The minimum atomic E-state index is 0.262. The van der Waals surface area contributed by atoms with Crippen LogP contribution in [-0.2, 0) is 4.74 Å². The molecule has 0 aromatic rings. The topological polar surface area (TPSA) is 50.5 Å². The number of nitrogens with one attached hydrogen (secondary N) is 1. The minimum absolute atomic E-state index is 0.262. The van der Waals surface area contributed by atoms with Crippen molar-refractivity contribution in [1.82, 2.24) is 10.2 Å². The molecular weight excluding hydrogens is 178 g/mol. The number of ether oxygens (including phenoxy) is 1. The van der Waals surface area contributed by atoms with Gasteiger partial charge in [0.05, 0.1) is 13.2 Å². The van der Waals surface area contributed by atoms with E-state index in [1.165, 1.54) is 13.0 Å². The van der Waals surface area contributed by atoms with Gasteiger partial charge in [0.2, 0.25) is 0 Å². The molecule has 4 nitrogen and oxygen atoms in total. The van der Waals surface area contributed by atoms with E-state index in [1.54, 1.807) is 0 Å². The van der Waals surface area contributed by atoms with Crippen molar-refractivity contribution >= 4 is 0 Å². The molecule has 1 fully saturated rings. The van der Waals surface area contributed by atoms with Crippen LogP contribution in [0.3, 0.4) is 0 Å². The second kappa shape index (κ2) is 7.17. The molecule has 1 rings (SSSR count). The molecule has 1 unspecified atom stereocenters. The summed E-state index contributed by atoms with van der Waals surface area (Å²) < 4.78 is 5.28. The Bertz CT molecular complexity index is 135. The summed E-state index contributed by atoms with van der Waals surface area (Å²) in [7, 11) is 0. The van der Waals surface area contributed by atoms with E-state index in [4.69, 9.17) is 10.5 Å². The first-order valence-corrected chi connectivity index (χ1v) is 5.55. The van der Waals surface area contributed by atoms with E-state index in [0.29, 0.717) is 0 Å². The van der Waals surface area contributed by atoms with E-state index in [0.717, 1.165) is 39.4 Å². The lowest BCUT2D eigenvalue weighted by atomic mass is 10.3. The zero-order valence-corrected chi connectivity index (χ0v) is 9.17. The number of nitrogens with two attached hydrogens (primary N) is 1. The molecule has 1 aliphatic heterocycles. The largest absolute Gasteiger partial charge is 0.379 e. The summed E-state index contributed by atoms with van der Waals surface area (Å²) in [5, 5.41) is 3.34. The van der Waals surface area contributed by atoms with Crippen LogP contribution in [0.15, 0.2) is 0 Å². The Hall–Kier alpha value is -0.160. The van der Waals surface area contributed by atoms with E-state index in [-0.39, 0.29) is 6.04 Å². The van der Waals surface area contributed by atoms with Crippen molar-refractivity contribution in [1.29, 1.82) is 0 Å². The molecule has 1 atom stereocenters. The van der Waals surface area contributed by atoms with Gasteiger partial charge in [-0.25, -0.2) is 0 Å². The van der Waals surface area contributed by atoms with Crippen molar-refractivity contribution in [3.05, 3.63) is 0 Å². The average Bonchev–Trinajstić information content (AvgIpc) is 2.18. The van der Waals surface area contributed by atoms with E-state index in [2.05, 4.69) is 10.2 Å². The van der Waals surface area contributed by atoms with Crippen molar-refractivity contribution in [2.24, 2.45) is 5.73 Å². The predicted molar refractivity (Wildman–Crippen MR) is 58.4 cm³/mol. The van der Waals surface area contributed by atoms with Crippen molar-refractivity contribution in [2.45, 2.75) is 19.4 Å². The zero-order valence-electron chi connectivity index (χ0n) is 9.17. The SMILES string of the molecule is CC(N)CNCCCN1CCOCC1. The van der Waals surface area contributed by atoms with Crippen LogP contribution in [0, 0.1) is 0 Å². The van der Waals surface area contributed by atoms with Crippen molar-refractivity contribution in [3.8, 4) is 0 Å². The van der Waals surface area contributed by atoms with E-state index in [9.17, 15) is 0 Å². The van der Waals surface area contributed by atoms with Gasteiger partial charge in [0.15, 0.2) is 0 Å². The van der Waals surface area contributed by atoms with E-state index >= 15 is 0 Å². The standard InChI is InChI=1S/C10H23N3O/c1-10(11)9-12-3-2-4-13-5-7-14-8-6-13/h10,12H,2-9,11H2,1H3. The number of morpholine rings is 1. The normalized spacial score (nSPS) is 21.0. The summed E-state index contributed by atoms with van der Waals surface area (Å²) in [6.07, 6.45) is 1.20. The molecule has 4 heteroatoms. The van der Waals surface area contributed by atoms with Crippen molar-refractivity contribution < 1.29 is 4.74 Å². The van der Waals surface area contributed by atoms with Gasteiger partial charge < -0.3 is 15.8 Å². The fraction of sp³-hybridized carbons (Fsp3) is 1.00. The molecule has 14 heavy (non-hydrogen) atoms. The molecule has 0 spiro atoms. The van der Waals surface area contributed by atoms with Gasteiger partial charge in [0.25, 0.3) is 0 Å². The molecule has 1 saturated heterocycles. The molecule has 0 aromatic heterocycles. The Labute approximate surface area is 86.8 Å². The second-order valence-corrected chi connectivity index (χ2v) is 3.99. The quantitative estimate of drug-likeness (QED) is 0.577. The number of hydrogen-bond acceptors (Lipinski definition) is 4. The van der Waals surface area contributed by atoms with Crippen LogP contribution in [0.2, 0.25) is 0 Å². The van der Waals surface area contributed by atoms with Gasteiger partial charge >= 0.3 is 0 Å². The van der Waals surface area contributed by atoms with Gasteiger partial charge in [-0.15, -0.1) is 0 Å². The Morgan fingerprint density at radius 2 is 2.14 bits per heavy atom. The van der Waals surface area contributed by atoms with Crippen LogP contribution in [0.4, 0.5) is 0 Å². The third kappa shape index (κ3) is 5.54. The highest BCUT2D eigenvalue weighted by Crippen LogP contribution is 1.96. The first-order valence-electron chi connectivity index (χ1n) is 5.55. The summed E-state index contributed by atoms with van der Waals surface area (Å²) in [5.74, 6) is 0. The average molecular weight is 201 g/mol. The summed E-state index contributed by atoms with van der Waals surface area (Å²) in [6.45, 7) is 9.16. The van der Waals surface area contributed by atoms with Crippen LogP contribution in [0.25, 0.3) is 0 Å². The molecule has 0 radical (unpaired) electrons. The predicted octanol–water partition coefficient (Wildman–Crippen LogP) is -0.354. The van der Waals surface area contributed by atoms with Gasteiger partial charge in [-0.2, -0.15) is 0 Å². The lowest BCUT2D eigenvalue weighted by Gasteiger charge is -2.26. The molecule has 0 aliphatic carbocycles. The Morgan fingerprint density at radius 3 is 2.79 bits per heavy atom. The second-order valence-electron chi connectivity index (χ2n) is 3.99. The van der Waals surface area contributed by atoms with Crippen LogP contribution in [0.5, 0.6) is 0 Å². The van der Waals surface area contributed by atoms with Crippen molar-refractivity contribution in [2.75, 3.05) is 45.9 Å². The first kappa shape index (κ1) is 11.9. The van der Waals surface area contributed by atoms with Gasteiger partial charge in [0, 0.05) is 25.7 Å². The monoisotopic (exact) mass is 201 g/mol. The molecule has 0 bridgehead atoms. The highest BCUT2D eigenvalue weighted by atomic mass is 16.5. The van der Waals surface area contributed by atoms with Gasteiger partial charge in [-0.1, -0.05) is 0 Å². The van der Waals surface area contributed by atoms with Gasteiger partial charge in [0.1, 0.15) is 0 Å². The molecule has 1 aliphatic rings. The van der Waals surface area contributed by atoms with Gasteiger partial charge in [-0.05, 0) is 26.4 Å². The number of nitrogens with zero attached hydrogens (tertiary/aromatic N) is 1. The summed E-state index contributed by atoms with van der Waals surface area (Å²) in [6, 6.07) is 0.262. The number of hydrogen-bond donors (Lipinski definition) is 2. The van der Waals surface area contributed by atoms with E-state index in [1.807, 2.05) is 6.92 Å². The van der Waals surface area contributed by atoms with Crippen LogP contribution in [0.1, 0.15) is 13.3 Å². The fourth-order valence-corrected chi connectivity index (χ4v) is 1.58. The maximum atomic E-state index is 5.63. The third-order valence-corrected chi connectivity index (χ3v) is 2.40. The number of rotatable bonds is 6. The van der Waals surface area contributed by atoms with Crippen LogP contribution < -0.4 is 11.1 Å². The maximum absolute atomic E-state index is 5.63. The zero-order chi connectivity index (χ0) is 10.2. The first-order chi connectivity index (χ1) is 6.79. The highest BCUT2D eigenvalue weighted by Gasteiger charge is 2.08. The summed E-state index contributed by atoms with van der Waals surface area (Å²) in [4.78, 5) is 2.46. The molecule has 84 valence electrons. The summed E-state index contributed by atoms with van der Waals surface area (Å²) >= 11 is 0. The molecular formula is C10H23N3O. The fourth-order valence-electron chi connectivity index (χ4n) is 1.58. The maximum Gasteiger partial charge on any atom is 0.0594 e. The van der Waals surface area contributed by atoms with Gasteiger partial charge in [-0.3, -0.25) is 4.90 Å². The van der Waals surface area contributed by atoms with Crippen LogP contribution in [-0.4, -0.2) is 56.9 Å². The summed E-state index contributed by atoms with van der Waals surface area (Å²) in [5.41, 5.74) is 5.63. The smallest absolute Gasteiger partial charge is 0.0594 e. The third-order valence-electron chi connectivity index (χ3n) is 2.40.